The van der Waals surface area contributed by atoms with Gasteiger partial charge in [-0.1, -0.05) is 0 Å². The molecule has 21 heavy (non-hydrogen) atoms. The summed E-state index contributed by atoms with van der Waals surface area (Å²) in [5.74, 6) is -0.447. The van der Waals surface area contributed by atoms with Crippen LogP contribution in [0, 0.1) is 5.82 Å². The van der Waals surface area contributed by atoms with Crippen LogP contribution in [0.4, 0.5) is 4.39 Å². The highest BCUT2D eigenvalue weighted by Gasteiger charge is 2.18. The first-order valence-electron chi connectivity index (χ1n) is 6.39. The van der Waals surface area contributed by atoms with Crippen LogP contribution in [0.2, 0.25) is 0 Å². The lowest BCUT2D eigenvalue weighted by Gasteiger charge is -2.15. The molecule has 120 valence electrons. The molecule has 1 rings (SSSR count). The number of rotatable bonds is 9. The predicted molar refractivity (Wildman–Crippen MR) is 77.0 cm³/mol. The summed E-state index contributed by atoms with van der Waals surface area (Å²) in [5, 5.41) is 2.79. The van der Waals surface area contributed by atoms with E-state index in [4.69, 9.17) is 9.47 Å². The number of halogens is 1. The summed E-state index contributed by atoms with van der Waals surface area (Å²) >= 11 is 0. The Hall–Kier alpha value is -1.06. The second kappa shape index (κ2) is 8.40. The van der Waals surface area contributed by atoms with Gasteiger partial charge in [-0.05, 0) is 25.2 Å². The minimum absolute atomic E-state index is 0.0152. The second-order valence-electron chi connectivity index (χ2n) is 4.45. The Morgan fingerprint density at radius 2 is 2.05 bits per heavy atom. The molecule has 0 heterocycles. The molecular formula is C13H21FN2O4S. The molecule has 0 saturated heterocycles. The minimum Gasteiger partial charge on any atom is -0.382 e. The van der Waals surface area contributed by atoms with Gasteiger partial charge in [0.1, 0.15) is 5.82 Å². The molecule has 0 spiro atoms. The zero-order chi connectivity index (χ0) is 15.9. The van der Waals surface area contributed by atoms with Crippen molar-refractivity contribution in [3.05, 3.63) is 29.6 Å². The van der Waals surface area contributed by atoms with E-state index >= 15 is 0 Å². The quantitative estimate of drug-likeness (QED) is 0.692. The Balaban J connectivity index is 2.85. The minimum atomic E-state index is -3.72. The topological polar surface area (TPSA) is 76.7 Å². The van der Waals surface area contributed by atoms with Gasteiger partial charge in [-0.3, -0.25) is 0 Å². The third-order valence-electron chi connectivity index (χ3n) is 2.88. The van der Waals surface area contributed by atoms with Gasteiger partial charge >= 0.3 is 0 Å². The van der Waals surface area contributed by atoms with Crippen molar-refractivity contribution in [2.24, 2.45) is 0 Å². The summed E-state index contributed by atoms with van der Waals surface area (Å²) in [6.07, 6.45) is -0.387. The molecule has 1 atom stereocenters. The molecule has 0 radical (unpaired) electrons. The molecular weight excluding hydrogens is 299 g/mol. The van der Waals surface area contributed by atoms with E-state index in [1.54, 1.807) is 7.05 Å². The smallest absolute Gasteiger partial charge is 0.240 e. The van der Waals surface area contributed by atoms with Gasteiger partial charge in [-0.15, -0.1) is 0 Å². The van der Waals surface area contributed by atoms with Crippen molar-refractivity contribution in [1.82, 2.24) is 10.0 Å². The first kappa shape index (κ1) is 18.0. The predicted octanol–water partition coefficient (Wildman–Crippen LogP) is 0.485. The van der Waals surface area contributed by atoms with Gasteiger partial charge in [0, 0.05) is 32.9 Å². The number of methoxy groups -OCH3 is 2. The number of sulfonamides is 1. The van der Waals surface area contributed by atoms with Crippen LogP contribution in [0.25, 0.3) is 0 Å². The van der Waals surface area contributed by atoms with E-state index in [9.17, 15) is 12.8 Å². The van der Waals surface area contributed by atoms with Crippen molar-refractivity contribution >= 4 is 10.0 Å². The highest BCUT2D eigenvalue weighted by atomic mass is 32.2. The third kappa shape index (κ3) is 5.33. The molecule has 6 nitrogen and oxygen atoms in total. The van der Waals surface area contributed by atoms with E-state index in [2.05, 4.69) is 10.0 Å². The summed E-state index contributed by atoms with van der Waals surface area (Å²) < 4.78 is 50.3. The fraction of sp³-hybridized carbons (Fsp3) is 0.538. The van der Waals surface area contributed by atoms with Crippen LogP contribution in [0.5, 0.6) is 0 Å². The summed E-state index contributed by atoms with van der Waals surface area (Å²) in [7, 11) is 0.916. The molecule has 0 bridgehead atoms. The molecule has 0 saturated carbocycles. The third-order valence-corrected chi connectivity index (χ3v) is 4.30. The van der Waals surface area contributed by atoms with Crippen molar-refractivity contribution in [3.8, 4) is 0 Å². The van der Waals surface area contributed by atoms with E-state index in [-0.39, 0.29) is 30.7 Å². The lowest BCUT2D eigenvalue weighted by Crippen LogP contribution is -2.35. The Morgan fingerprint density at radius 1 is 1.33 bits per heavy atom. The largest absolute Gasteiger partial charge is 0.382 e. The maximum Gasteiger partial charge on any atom is 0.240 e. The van der Waals surface area contributed by atoms with E-state index < -0.39 is 15.8 Å². The standard InChI is InChI=1S/C13H21FN2O4S/c1-15-7-10-6-12(4-5-13(10)14)21(17,18)16-8-11(20-3)9-19-2/h4-6,11,15-16H,7-9H2,1-3H3. The molecule has 0 aromatic heterocycles. The van der Waals surface area contributed by atoms with Crippen molar-refractivity contribution < 1.29 is 22.3 Å². The maximum absolute atomic E-state index is 13.5. The van der Waals surface area contributed by atoms with E-state index in [0.717, 1.165) is 6.07 Å². The number of ether oxygens (including phenoxy) is 2. The summed E-state index contributed by atoms with van der Waals surface area (Å²) in [5.41, 5.74) is 0.292. The van der Waals surface area contributed by atoms with Crippen molar-refractivity contribution in [3.63, 3.8) is 0 Å². The first-order chi connectivity index (χ1) is 9.94. The van der Waals surface area contributed by atoms with Crippen LogP contribution < -0.4 is 10.0 Å². The fourth-order valence-electron chi connectivity index (χ4n) is 1.73. The van der Waals surface area contributed by atoms with Crippen LogP contribution in [-0.4, -0.2) is 48.9 Å². The number of benzene rings is 1. The van der Waals surface area contributed by atoms with E-state index in [1.165, 1.54) is 26.4 Å². The van der Waals surface area contributed by atoms with Crippen LogP contribution in [0.3, 0.4) is 0 Å². The van der Waals surface area contributed by atoms with Crippen LogP contribution in [0.15, 0.2) is 23.1 Å². The molecule has 0 amide bonds. The molecule has 0 aliphatic carbocycles. The molecule has 0 fully saturated rings. The van der Waals surface area contributed by atoms with Crippen molar-refractivity contribution in [1.29, 1.82) is 0 Å². The summed E-state index contributed by atoms with van der Waals surface area (Å²) in [4.78, 5) is 0.0152. The van der Waals surface area contributed by atoms with Gasteiger partial charge in [0.15, 0.2) is 0 Å². The molecule has 1 unspecified atom stereocenters. The Labute approximate surface area is 124 Å². The van der Waals surface area contributed by atoms with E-state index in [1.807, 2.05) is 0 Å². The lowest BCUT2D eigenvalue weighted by molar-refractivity contribution is 0.0320. The van der Waals surface area contributed by atoms with Gasteiger partial charge in [-0.2, -0.15) is 0 Å². The van der Waals surface area contributed by atoms with Crippen LogP contribution >= 0.6 is 0 Å². The summed E-state index contributed by atoms with van der Waals surface area (Å²) in [6, 6.07) is 3.69. The molecule has 0 aliphatic heterocycles. The fourth-order valence-corrected chi connectivity index (χ4v) is 2.84. The lowest BCUT2D eigenvalue weighted by atomic mass is 10.2. The van der Waals surface area contributed by atoms with Gasteiger partial charge in [0.05, 0.1) is 17.6 Å². The average Bonchev–Trinajstić information content (AvgIpc) is 2.45. The highest BCUT2D eigenvalue weighted by Crippen LogP contribution is 2.15. The maximum atomic E-state index is 13.5. The van der Waals surface area contributed by atoms with E-state index in [0.29, 0.717) is 5.56 Å². The van der Waals surface area contributed by atoms with Gasteiger partial charge < -0.3 is 14.8 Å². The normalized spacial score (nSPS) is 13.3. The second-order valence-corrected chi connectivity index (χ2v) is 6.22. The monoisotopic (exact) mass is 320 g/mol. The molecule has 1 aromatic carbocycles. The van der Waals surface area contributed by atoms with Gasteiger partial charge in [0.2, 0.25) is 10.0 Å². The number of hydrogen-bond acceptors (Lipinski definition) is 5. The highest BCUT2D eigenvalue weighted by molar-refractivity contribution is 7.89. The van der Waals surface area contributed by atoms with Crippen LogP contribution in [0.1, 0.15) is 5.56 Å². The zero-order valence-electron chi connectivity index (χ0n) is 12.3. The van der Waals surface area contributed by atoms with Gasteiger partial charge in [0.25, 0.3) is 0 Å². The molecule has 8 heteroatoms. The Bertz CT molecular complexity index is 551. The first-order valence-corrected chi connectivity index (χ1v) is 7.87. The average molecular weight is 320 g/mol. The number of hydrogen-bond donors (Lipinski definition) is 2. The van der Waals surface area contributed by atoms with Crippen LogP contribution in [-0.2, 0) is 26.0 Å². The number of nitrogens with one attached hydrogen (secondary N) is 2. The zero-order valence-corrected chi connectivity index (χ0v) is 13.2. The summed E-state index contributed by atoms with van der Waals surface area (Å²) in [6.45, 7) is 0.596. The molecule has 2 N–H and O–H groups in total. The SMILES string of the molecule is CNCc1cc(S(=O)(=O)NCC(COC)OC)ccc1F. The Kier molecular flexibility index (Phi) is 7.20. The molecule has 1 aromatic rings. The van der Waals surface area contributed by atoms with Crippen molar-refractivity contribution in [2.45, 2.75) is 17.5 Å². The van der Waals surface area contributed by atoms with Gasteiger partial charge in [-0.25, -0.2) is 17.5 Å². The Morgan fingerprint density at radius 3 is 2.62 bits per heavy atom. The molecule has 0 aliphatic rings. The van der Waals surface area contributed by atoms with Crippen molar-refractivity contribution in [2.75, 3.05) is 34.4 Å².